The Kier molecular flexibility index (Phi) is 4.00. The fourth-order valence-electron chi connectivity index (χ4n) is 0.574. The summed E-state index contributed by atoms with van der Waals surface area (Å²) in [7, 11) is 1.28. The predicted octanol–water partition coefficient (Wildman–Crippen LogP) is 0.349. The Bertz CT molecular complexity index is 217. The van der Waals surface area contributed by atoms with Gasteiger partial charge in [-0.3, -0.25) is 5.32 Å². The third kappa shape index (κ3) is 3.21. The maximum Gasteiger partial charge on any atom is 0.412 e. The molecule has 1 N–H and O–H groups in total. The van der Waals surface area contributed by atoms with E-state index in [0.29, 0.717) is 5.17 Å². The van der Waals surface area contributed by atoms with Crippen molar-refractivity contribution >= 4 is 23.0 Å². The number of hydrogen-bond donors (Lipinski definition) is 1. The molecule has 0 aromatic rings. The van der Waals surface area contributed by atoms with Crippen LogP contribution in [0.4, 0.5) is 4.79 Å². The highest BCUT2D eigenvalue weighted by Crippen LogP contribution is 2.10. The molecular weight excluding hydrogens is 196 g/mol. The van der Waals surface area contributed by atoms with E-state index < -0.39 is 12.5 Å². The number of aliphatic imine (C=N–C) groups is 1. The zero-order valence-corrected chi connectivity index (χ0v) is 8.09. The fraction of sp³-hybridized carbons (Fsp3) is 0.667. The van der Waals surface area contributed by atoms with E-state index in [1.807, 2.05) is 0 Å². The van der Waals surface area contributed by atoms with Gasteiger partial charge in [0, 0.05) is 0 Å². The lowest BCUT2D eigenvalue weighted by atomic mass is 10.9. The molecule has 6 nitrogen and oxygen atoms in total. The Morgan fingerprint density at radius 2 is 2.38 bits per heavy atom. The predicted molar refractivity (Wildman–Crippen MR) is 47.3 cm³/mol. The summed E-state index contributed by atoms with van der Waals surface area (Å²) in [5.74, 6) is 0. The monoisotopic (exact) mass is 206 g/mol. The van der Waals surface area contributed by atoms with Crippen LogP contribution in [0.3, 0.4) is 0 Å². The van der Waals surface area contributed by atoms with Crippen molar-refractivity contribution in [2.75, 3.05) is 20.2 Å². The molecule has 7 heteroatoms. The van der Waals surface area contributed by atoms with Crippen LogP contribution in [0.1, 0.15) is 0 Å². The largest absolute Gasteiger partial charge is 0.453 e. The molecule has 1 rings (SSSR count). The number of amides is 1. The Balaban J connectivity index is 2.40. The molecule has 0 spiro atoms. The third-order valence-electron chi connectivity index (χ3n) is 1.23. The highest BCUT2D eigenvalue weighted by atomic mass is 32.2. The quantitative estimate of drug-likeness (QED) is 0.495. The molecule has 74 valence electrons. The van der Waals surface area contributed by atoms with E-state index in [2.05, 4.69) is 15.0 Å². The van der Waals surface area contributed by atoms with Crippen LogP contribution in [0.15, 0.2) is 4.99 Å². The van der Waals surface area contributed by atoms with E-state index in [1.54, 1.807) is 6.26 Å². The van der Waals surface area contributed by atoms with Crippen LogP contribution in [0.2, 0.25) is 0 Å². The van der Waals surface area contributed by atoms with Crippen molar-refractivity contribution in [1.82, 2.24) is 5.32 Å². The summed E-state index contributed by atoms with van der Waals surface area (Å²) in [6.45, 7) is 0.244. The molecule has 0 aromatic heterocycles. The molecule has 0 saturated carbocycles. The van der Waals surface area contributed by atoms with Crippen molar-refractivity contribution in [3.05, 3.63) is 0 Å². The van der Waals surface area contributed by atoms with Crippen LogP contribution in [0.25, 0.3) is 0 Å². The number of nitrogens with zero attached hydrogens (tertiary/aromatic N) is 1. The van der Waals surface area contributed by atoms with Crippen molar-refractivity contribution in [2.24, 2.45) is 4.99 Å². The van der Waals surface area contributed by atoms with Gasteiger partial charge in [0.05, 0.1) is 7.11 Å². The third-order valence-corrected chi connectivity index (χ3v) is 1.83. The summed E-state index contributed by atoms with van der Waals surface area (Å²) in [5, 5.41) is 2.81. The minimum absolute atomic E-state index is 0.244. The van der Waals surface area contributed by atoms with Gasteiger partial charge >= 0.3 is 6.09 Å². The van der Waals surface area contributed by atoms with Crippen LogP contribution in [0.5, 0.6) is 0 Å². The van der Waals surface area contributed by atoms with Gasteiger partial charge in [-0.05, 0) is 6.26 Å². The standard InChI is InChI=1S/C6H10N2O4S/c1-10-5(9)7-4(13-2)8-6-11-3-12-6/h6H,3H2,1-2H3,(H,7,8,9). The molecule has 0 bridgehead atoms. The molecule has 1 aliphatic heterocycles. The van der Waals surface area contributed by atoms with Crippen LogP contribution in [-0.4, -0.2) is 37.8 Å². The zero-order valence-electron chi connectivity index (χ0n) is 7.27. The number of amidine groups is 1. The Hall–Kier alpha value is -0.790. The summed E-state index contributed by atoms with van der Waals surface area (Å²) < 4.78 is 14.1. The zero-order chi connectivity index (χ0) is 9.68. The van der Waals surface area contributed by atoms with Crippen LogP contribution >= 0.6 is 11.8 Å². The summed E-state index contributed by atoms with van der Waals surface area (Å²) in [6, 6.07) is 0. The van der Waals surface area contributed by atoms with Gasteiger partial charge in [0.15, 0.2) is 12.0 Å². The number of nitrogens with one attached hydrogen (secondary N) is 1. The smallest absolute Gasteiger partial charge is 0.412 e. The van der Waals surface area contributed by atoms with Crippen molar-refractivity contribution in [2.45, 2.75) is 6.41 Å². The number of alkyl carbamates (subject to hydrolysis) is 1. The first-order chi connectivity index (χ1) is 6.26. The molecule has 1 aliphatic rings. The second kappa shape index (κ2) is 5.05. The molecule has 1 heterocycles. The molecule has 1 amide bonds. The van der Waals surface area contributed by atoms with E-state index in [0.717, 1.165) is 0 Å². The maximum atomic E-state index is 10.8. The molecular formula is C6H10N2O4S. The Labute approximate surface area is 79.6 Å². The second-order valence-electron chi connectivity index (χ2n) is 2.01. The van der Waals surface area contributed by atoms with Crippen LogP contribution in [-0.2, 0) is 14.2 Å². The van der Waals surface area contributed by atoms with Crippen LogP contribution in [0, 0.1) is 0 Å². The lowest BCUT2D eigenvalue weighted by Gasteiger charge is -2.23. The number of rotatable bonds is 1. The minimum Gasteiger partial charge on any atom is -0.453 e. The lowest BCUT2D eigenvalue weighted by molar-refractivity contribution is -0.315. The molecule has 0 aromatic carbocycles. The number of methoxy groups -OCH3 is 1. The van der Waals surface area contributed by atoms with Gasteiger partial charge in [0.1, 0.15) is 0 Å². The minimum atomic E-state index is -0.598. The number of ether oxygens (including phenoxy) is 3. The second-order valence-corrected chi connectivity index (χ2v) is 2.81. The summed E-state index contributed by atoms with van der Waals surface area (Å²) in [6.07, 6.45) is 0.611. The van der Waals surface area contributed by atoms with Crippen LogP contribution < -0.4 is 5.32 Å². The summed E-state index contributed by atoms with van der Waals surface area (Å²) in [5.41, 5.74) is 0. The van der Waals surface area contributed by atoms with Gasteiger partial charge in [-0.2, -0.15) is 0 Å². The molecule has 1 fully saturated rings. The fourth-order valence-corrected chi connectivity index (χ4v) is 0.950. The van der Waals surface area contributed by atoms with Gasteiger partial charge < -0.3 is 14.2 Å². The molecule has 1 saturated heterocycles. The van der Waals surface area contributed by atoms with Crippen molar-refractivity contribution in [3.63, 3.8) is 0 Å². The first-order valence-electron chi connectivity index (χ1n) is 3.46. The number of thioether (sulfide) groups is 1. The Morgan fingerprint density at radius 3 is 2.77 bits per heavy atom. The first kappa shape index (κ1) is 10.3. The summed E-state index contributed by atoms with van der Waals surface area (Å²) >= 11 is 1.27. The first-order valence-corrected chi connectivity index (χ1v) is 4.68. The van der Waals surface area contributed by atoms with Crippen molar-refractivity contribution in [3.8, 4) is 0 Å². The van der Waals surface area contributed by atoms with E-state index >= 15 is 0 Å². The normalized spacial score (nSPS) is 17.8. The molecule has 13 heavy (non-hydrogen) atoms. The Morgan fingerprint density at radius 1 is 1.69 bits per heavy atom. The van der Waals surface area contributed by atoms with Gasteiger partial charge in [0.2, 0.25) is 0 Å². The molecule has 0 radical (unpaired) electrons. The van der Waals surface area contributed by atoms with Gasteiger partial charge in [0.25, 0.3) is 6.41 Å². The average Bonchev–Trinajstić information content (AvgIpc) is 2.08. The van der Waals surface area contributed by atoms with Gasteiger partial charge in [-0.15, -0.1) is 0 Å². The van der Waals surface area contributed by atoms with Gasteiger partial charge in [-0.1, -0.05) is 11.8 Å². The highest BCUT2D eigenvalue weighted by molar-refractivity contribution is 8.13. The highest BCUT2D eigenvalue weighted by Gasteiger charge is 2.18. The van der Waals surface area contributed by atoms with E-state index in [4.69, 9.17) is 9.47 Å². The average molecular weight is 206 g/mol. The number of carbonyl (C=O) groups excluding carboxylic acids is 1. The molecule has 0 unspecified atom stereocenters. The lowest BCUT2D eigenvalue weighted by Crippen LogP contribution is -2.34. The van der Waals surface area contributed by atoms with Gasteiger partial charge in [-0.25, -0.2) is 9.79 Å². The van der Waals surface area contributed by atoms with E-state index in [-0.39, 0.29) is 6.79 Å². The number of carbonyl (C=O) groups is 1. The maximum absolute atomic E-state index is 10.8. The van der Waals surface area contributed by atoms with Crippen molar-refractivity contribution < 1.29 is 19.0 Å². The summed E-state index contributed by atoms with van der Waals surface area (Å²) in [4.78, 5) is 14.7. The SMILES string of the molecule is COC(=O)N/C(=N/C1OCO1)SC. The van der Waals surface area contributed by atoms with E-state index in [9.17, 15) is 4.79 Å². The van der Waals surface area contributed by atoms with Crippen molar-refractivity contribution in [1.29, 1.82) is 0 Å². The topological polar surface area (TPSA) is 69.2 Å². The molecule has 0 aliphatic carbocycles. The molecule has 0 atom stereocenters. The number of hydrogen-bond acceptors (Lipinski definition) is 6. The van der Waals surface area contributed by atoms with E-state index in [1.165, 1.54) is 18.9 Å².